The van der Waals surface area contributed by atoms with E-state index in [1.807, 2.05) is 24.3 Å². The zero-order valence-corrected chi connectivity index (χ0v) is 13.7. The SMILES string of the molecule is O=C(CCC(=O)N1CCOc2ccccc21)NCc1ccc(F)cc1. The summed E-state index contributed by atoms with van der Waals surface area (Å²) in [5.41, 5.74) is 1.55. The fourth-order valence-corrected chi connectivity index (χ4v) is 2.68. The maximum atomic E-state index is 12.8. The van der Waals surface area contributed by atoms with E-state index in [4.69, 9.17) is 4.74 Å². The Morgan fingerprint density at radius 1 is 1.08 bits per heavy atom. The Morgan fingerprint density at radius 3 is 2.64 bits per heavy atom. The van der Waals surface area contributed by atoms with Crippen molar-refractivity contribution in [3.05, 3.63) is 59.9 Å². The summed E-state index contributed by atoms with van der Waals surface area (Å²) in [7, 11) is 0. The normalized spacial score (nSPS) is 12.9. The van der Waals surface area contributed by atoms with Crippen LogP contribution < -0.4 is 15.0 Å². The first-order valence-electron chi connectivity index (χ1n) is 8.17. The van der Waals surface area contributed by atoms with Crippen LogP contribution >= 0.6 is 0 Å². The van der Waals surface area contributed by atoms with Crippen LogP contribution in [0.3, 0.4) is 0 Å². The maximum Gasteiger partial charge on any atom is 0.227 e. The summed E-state index contributed by atoms with van der Waals surface area (Å²) in [4.78, 5) is 26.0. The van der Waals surface area contributed by atoms with Gasteiger partial charge in [0, 0.05) is 19.4 Å². The van der Waals surface area contributed by atoms with Crippen molar-refractivity contribution in [2.45, 2.75) is 19.4 Å². The van der Waals surface area contributed by atoms with Crippen molar-refractivity contribution in [2.75, 3.05) is 18.1 Å². The molecule has 0 atom stereocenters. The van der Waals surface area contributed by atoms with Crippen molar-refractivity contribution < 1.29 is 18.7 Å². The van der Waals surface area contributed by atoms with Crippen LogP contribution in [0.4, 0.5) is 10.1 Å². The van der Waals surface area contributed by atoms with Gasteiger partial charge in [-0.15, -0.1) is 0 Å². The van der Waals surface area contributed by atoms with E-state index >= 15 is 0 Å². The zero-order chi connectivity index (χ0) is 17.6. The third-order valence-corrected chi connectivity index (χ3v) is 4.00. The average molecular weight is 342 g/mol. The molecule has 3 rings (SSSR count). The molecular weight excluding hydrogens is 323 g/mol. The molecule has 0 saturated heterocycles. The second kappa shape index (κ2) is 7.79. The van der Waals surface area contributed by atoms with E-state index in [0.29, 0.717) is 25.4 Å². The first-order valence-corrected chi connectivity index (χ1v) is 8.17. The van der Waals surface area contributed by atoms with Crippen LogP contribution in [0.25, 0.3) is 0 Å². The van der Waals surface area contributed by atoms with Crippen LogP contribution in [0.1, 0.15) is 18.4 Å². The van der Waals surface area contributed by atoms with Gasteiger partial charge in [-0.3, -0.25) is 9.59 Å². The van der Waals surface area contributed by atoms with Gasteiger partial charge >= 0.3 is 0 Å². The molecule has 0 aliphatic carbocycles. The van der Waals surface area contributed by atoms with Gasteiger partial charge < -0.3 is 15.0 Å². The molecule has 2 aromatic carbocycles. The number of halogens is 1. The lowest BCUT2D eigenvalue weighted by Crippen LogP contribution is -2.38. The number of fused-ring (bicyclic) bond motifs is 1. The molecule has 25 heavy (non-hydrogen) atoms. The monoisotopic (exact) mass is 342 g/mol. The topological polar surface area (TPSA) is 58.6 Å². The molecule has 0 saturated carbocycles. The van der Waals surface area contributed by atoms with E-state index in [1.165, 1.54) is 12.1 Å². The van der Waals surface area contributed by atoms with Crippen LogP contribution in [0.15, 0.2) is 48.5 Å². The second-order valence-electron chi connectivity index (χ2n) is 5.76. The van der Waals surface area contributed by atoms with Gasteiger partial charge in [0.15, 0.2) is 0 Å². The van der Waals surface area contributed by atoms with Crippen molar-refractivity contribution in [1.29, 1.82) is 0 Å². The molecule has 0 bridgehead atoms. The number of nitrogens with zero attached hydrogens (tertiary/aromatic N) is 1. The number of carbonyl (C=O) groups excluding carboxylic acids is 2. The lowest BCUT2D eigenvalue weighted by molar-refractivity contribution is -0.125. The number of rotatable bonds is 5. The molecule has 2 aromatic rings. The van der Waals surface area contributed by atoms with Gasteiger partial charge in [0.25, 0.3) is 0 Å². The first-order chi connectivity index (χ1) is 12.1. The number of hydrogen-bond donors (Lipinski definition) is 1. The molecular formula is C19H19FN2O3. The number of amides is 2. The Bertz CT molecular complexity index is 762. The summed E-state index contributed by atoms with van der Waals surface area (Å²) in [5.74, 6) is 0.0567. The number of anilines is 1. The summed E-state index contributed by atoms with van der Waals surface area (Å²) in [6.45, 7) is 1.24. The second-order valence-corrected chi connectivity index (χ2v) is 5.76. The highest BCUT2D eigenvalue weighted by Gasteiger charge is 2.23. The third kappa shape index (κ3) is 4.35. The van der Waals surface area contributed by atoms with Crippen LogP contribution in [-0.4, -0.2) is 25.0 Å². The number of hydrogen-bond acceptors (Lipinski definition) is 3. The molecule has 1 heterocycles. The molecule has 0 aromatic heterocycles. The highest BCUT2D eigenvalue weighted by Crippen LogP contribution is 2.31. The van der Waals surface area contributed by atoms with E-state index < -0.39 is 0 Å². The van der Waals surface area contributed by atoms with Crippen molar-refractivity contribution in [3.8, 4) is 5.75 Å². The summed E-state index contributed by atoms with van der Waals surface area (Å²) < 4.78 is 18.4. The highest BCUT2D eigenvalue weighted by atomic mass is 19.1. The van der Waals surface area contributed by atoms with Gasteiger partial charge in [0.1, 0.15) is 18.2 Å². The van der Waals surface area contributed by atoms with Crippen molar-refractivity contribution >= 4 is 17.5 Å². The van der Waals surface area contributed by atoms with Crippen LogP contribution in [0.5, 0.6) is 5.75 Å². The molecule has 1 N–H and O–H groups in total. The standard InChI is InChI=1S/C19H19FN2O3/c20-15-7-5-14(6-8-15)13-21-18(23)9-10-19(24)22-11-12-25-17-4-2-1-3-16(17)22/h1-8H,9-13H2,(H,21,23). The van der Waals surface area contributed by atoms with Crippen LogP contribution in [-0.2, 0) is 16.1 Å². The molecule has 0 unspecified atom stereocenters. The minimum Gasteiger partial charge on any atom is -0.490 e. The van der Waals surface area contributed by atoms with E-state index in [9.17, 15) is 14.0 Å². The van der Waals surface area contributed by atoms with E-state index in [2.05, 4.69) is 5.32 Å². The van der Waals surface area contributed by atoms with Crippen molar-refractivity contribution in [1.82, 2.24) is 5.32 Å². The molecule has 1 aliphatic heterocycles. The Balaban J connectivity index is 1.49. The molecule has 0 spiro atoms. The molecule has 0 radical (unpaired) electrons. The van der Waals surface area contributed by atoms with E-state index in [1.54, 1.807) is 17.0 Å². The smallest absolute Gasteiger partial charge is 0.227 e. The Morgan fingerprint density at radius 2 is 1.84 bits per heavy atom. The number of nitrogens with one attached hydrogen (secondary N) is 1. The lowest BCUT2D eigenvalue weighted by Gasteiger charge is -2.29. The lowest BCUT2D eigenvalue weighted by atomic mass is 10.2. The quantitative estimate of drug-likeness (QED) is 0.909. The summed E-state index contributed by atoms with van der Waals surface area (Å²) in [6.07, 6.45) is 0.239. The van der Waals surface area contributed by atoms with E-state index in [0.717, 1.165) is 11.3 Å². The van der Waals surface area contributed by atoms with Gasteiger partial charge in [-0.25, -0.2) is 4.39 Å². The Kier molecular flexibility index (Phi) is 5.28. The summed E-state index contributed by atoms with van der Waals surface area (Å²) in [5, 5.41) is 2.74. The zero-order valence-electron chi connectivity index (χ0n) is 13.7. The largest absolute Gasteiger partial charge is 0.490 e. The van der Waals surface area contributed by atoms with Gasteiger partial charge in [0.2, 0.25) is 11.8 Å². The summed E-state index contributed by atoms with van der Waals surface area (Å²) in [6, 6.07) is 13.3. The molecule has 5 nitrogen and oxygen atoms in total. The predicted octanol–water partition coefficient (Wildman–Crippen LogP) is 2.65. The predicted molar refractivity (Wildman–Crippen MR) is 91.8 cm³/mol. The Hall–Kier alpha value is -2.89. The van der Waals surface area contributed by atoms with Gasteiger partial charge in [-0.1, -0.05) is 24.3 Å². The fraction of sp³-hybridized carbons (Fsp3) is 0.263. The average Bonchev–Trinajstić information content (AvgIpc) is 2.65. The highest BCUT2D eigenvalue weighted by molar-refractivity contribution is 5.97. The number of para-hydroxylation sites is 2. The van der Waals surface area contributed by atoms with Gasteiger partial charge in [-0.2, -0.15) is 0 Å². The van der Waals surface area contributed by atoms with E-state index in [-0.39, 0.29) is 30.5 Å². The minimum absolute atomic E-state index is 0.104. The first kappa shape index (κ1) is 17.0. The Labute approximate surface area is 145 Å². The minimum atomic E-state index is -0.313. The number of carbonyl (C=O) groups is 2. The summed E-state index contributed by atoms with van der Waals surface area (Å²) >= 11 is 0. The molecule has 6 heteroatoms. The van der Waals surface area contributed by atoms with Gasteiger partial charge in [0.05, 0.1) is 12.2 Å². The number of benzene rings is 2. The fourth-order valence-electron chi connectivity index (χ4n) is 2.68. The third-order valence-electron chi connectivity index (χ3n) is 4.00. The van der Waals surface area contributed by atoms with Crippen molar-refractivity contribution in [2.24, 2.45) is 0 Å². The van der Waals surface area contributed by atoms with Gasteiger partial charge in [-0.05, 0) is 29.8 Å². The van der Waals surface area contributed by atoms with Crippen molar-refractivity contribution in [3.63, 3.8) is 0 Å². The van der Waals surface area contributed by atoms with Crippen LogP contribution in [0, 0.1) is 5.82 Å². The molecule has 130 valence electrons. The molecule has 1 aliphatic rings. The molecule has 0 fully saturated rings. The van der Waals surface area contributed by atoms with Crippen LogP contribution in [0.2, 0.25) is 0 Å². The molecule has 2 amide bonds. The maximum absolute atomic E-state index is 12.8. The number of ether oxygens (including phenoxy) is 1.